The van der Waals surface area contributed by atoms with Crippen molar-refractivity contribution in [3.8, 4) is 0 Å². The predicted octanol–water partition coefficient (Wildman–Crippen LogP) is 2.61. The first-order valence-electron chi connectivity index (χ1n) is 7.79. The summed E-state index contributed by atoms with van der Waals surface area (Å²) in [6.45, 7) is 11.3. The second-order valence-electron chi connectivity index (χ2n) is 7.63. The molecule has 1 fully saturated rings. The number of nitrogens with two attached hydrogens (primary N) is 1. The lowest BCUT2D eigenvalue weighted by Gasteiger charge is -2.42. The summed E-state index contributed by atoms with van der Waals surface area (Å²) in [6.07, 6.45) is 5.00. The molecule has 1 aliphatic carbocycles. The Balaban J connectivity index is 2.48. The van der Waals surface area contributed by atoms with Gasteiger partial charge in [-0.2, -0.15) is 0 Å². The number of rotatable bonds is 6. The molecule has 4 heteroatoms. The van der Waals surface area contributed by atoms with Crippen LogP contribution in [0.1, 0.15) is 66.7 Å². The maximum atomic E-state index is 12.0. The summed E-state index contributed by atoms with van der Waals surface area (Å²) >= 11 is 0. The van der Waals surface area contributed by atoms with Crippen molar-refractivity contribution in [2.75, 3.05) is 13.2 Å². The van der Waals surface area contributed by atoms with Crippen molar-refractivity contribution in [3.63, 3.8) is 0 Å². The van der Waals surface area contributed by atoms with E-state index in [1.165, 1.54) is 0 Å². The van der Waals surface area contributed by atoms with Gasteiger partial charge in [0.1, 0.15) is 6.61 Å². The Kier molecular flexibility index (Phi) is 5.61. The lowest BCUT2D eigenvalue weighted by atomic mass is 9.71. The molecule has 0 aromatic rings. The van der Waals surface area contributed by atoms with Crippen LogP contribution in [0.5, 0.6) is 0 Å². The molecule has 0 atom stereocenters. The molecule has 0 heterocycles. The van der Waals surface area contributed by atoms with Crippen molar-refractivity contribution in [1.29, 1.82) is 0 Å². The largest absolute Gasteiger partial charge is 0.364 e. The van der Waals surface area contributed by atoms with Crippen LogP contribution in [0.2, 0.25) is 0 Å². The third-order valence-electron chi connectivity index (χ3n) is 4.76. The monoisotopic (exact) mass is 284 g/mol. The lowest BCUT2D eigenvalue weighted by molar-refractivity contribution is -0.139. The Bertz CT molecular complexity index is 327. The molecule has 0 aliphatic heterocycles. The predicted molar refractivity (Wildman–Crippen MR) is 82.5 cm³/mol. The van der Waals surface area contributed by atoms with E-state index in [-0.39, 0.29) is 23.7 Å². The second-order valence-corrected chi connectivity index (χ2v) is 7.63. The highest BCUT2D eigenvalue weighted by Crippen LogP contribution is 2.41. The lowest BCUT2D eigenvalue weighted by Crippen LogP contribution is -2.49. The van der Waals surface area contributed by atoms with E-state index in [9.17, 15) is 4.79 Å². The van der Waals surface area contributed by atoms with Crippen molar-refractivity contribution < 1.29 is 9.53 Å². The van der Waals surface area contributed by atoms with Crippen LogP contribution in [0.3, 0.4) is 0 Å². The van der Waals surface area contributed by atoms with E-state index >= 15 is 0 Å². The van der Waals surface area contributed by atoms with Crippen LogP contribution in [0.15, 0.2) is 0 Å². The molecule has 0 saturated heterocycles. The smallest absolute Gasteiger partial charge is 0.246 e. The third-order valence-corrected chi connectivity index (χ3v) is 4.76. The van der Waals surface area contributed by atoms with Crippen LogP contribution in [0.25, 0.3) is 0 Å². The van der Waals surface area contributed by atoms with Gasteiger partial charge < -0.3 is 15.8 Å². The molecule has 0 radical (unpaired) electrons. The van der Waals surface area contributed by atoms with Gasteiger partial charge >= 0.3 is 0 Å². The maximum Gasteiger partial charge on any atom is 0.246 e. The van der Waals surface area contributed by atoms with E-state index in [1.54, 1.807) is 0 Å². The summed E-state index contributed by atoms with van der Waals surface area (Å²) in [5, 5.41) is 3.00. The fourth-order valence-electron chi connectivity index (χ4n) is 2.51. The summed E-state index contributed by atoms with van der Waals surface area (Å²) in [4.78, 5) is 12.0. The zero-order valence-corrected chi connectivity index (χ0v) is 13.8. The van der Waals surface area contributed by atoms with Crippen LogP contribution in [0, 0.1) is 5.41 Å². The minimum absolute atomic E-state index is 0.0468. The van der Waals surface area contributed by atoms with E-state index in [0.29, 0.717) is 12.0 Å². The van der Waals surface area contributed by atoms with E-state index in [4.69, 9.17) is 10.5 Å². The quantitative estimate of drug-likeness (QED) is 0.788. The van der Waals surface area contributed by atoms with Gasteiger partial charge in [-0.15, -0.1) is 0 Å². The third kappa shape index (κ3) is 5.06. The Labute approximate surface area is 123 Å². The molecule has 1 amide bonds. The minimum Gasteiger partial charge on any atom is -0.364 e. The van der Waals surface area contributed by atoms with Crippen molar-refractivity contribution in [1.82, 2.24) is 5.32 Å². The summed E-state index contributed by atoms with van der Waals surface area (Å²) in [5.41, 5.74) is 5.80. The summed E-state index contributed by atoms with van der Waals surface area (Å²) in [6, 6.07) is 0. The van der Waals surface area contributed by atoms with Gasteiger partial charge in [-0.05, 0) is 51.4 Å². The number of ether oxygens (including phenoxy) is 1. The summed E-state index contributed by atoms with van der Waals surface area (Å²) in [7, 11) is 0. The van der Waals surface area contributed by atoms with E-state index in [1.807, 2.05) is 13.8 Å². The molecule has 1 aliphatic rings. The number of carbonyl (C=O) groups is 1. The normalized spacial score (nSPS) is 21.5. The molecule has 0 spiro atoms. The van der Waals surface area contributed by atoms with Crippen LogP contribution < -0.4 is 11.1 Å². The summed E-state index contributed by atoms with van der Waals surface area (Å²) < 4.78 is 5.93. The first kappa shape index (κ1) is 17.4. The molecule has 0 unspecified atom stereocenters. The highest BCUT2D eigenvalue weighted by atomic mass is 16.5. The molecule has 1 rings (SSSR count). The number of hydrogen-bond acceptors (Lipinski definition) is 3. The Morgan fingerprint density at radius 2 is 1.80 bits per heavy atom. The molecule has 20 heavy (non-hydrogen) atoms. The molecule has 1 saturated carbocycles. The maximum absolute atomic E-state index is 12.0. The SMILES string of the molecule is CCC(C)(C)NC(=O)COC1(CN)CCC(C)(C)CC1. The molecule has 0 bridgehead atoms. The molecule has 4 nitrogen and oxygen atoms in total. The van der Waals surface area contributed by atoms with Crippen LogP contribution in [-0.2, 0) is 9.53 Å². The van der Waals surface area contributed by atoms with Crippen LogP contribution in [0.4, 0.5) is 0 Å². The molecule has 118 valence electrons. The molecule has 0 aromatic carbocycles. The van der Waals surface area contributed by atoms with Gasteiger partial charge in [-0.1, -0.05) is 20.8 Å². The summed E-state index contributed by atoms with van der Waals surface area (Å²) in [5.74, 6) is -0.0468. The van der Waals surface area contributed by atoms with Crippen LogP contribution in [-0.4, -0.2) is 30.2 Å². The second kappa shape index (κ2) is 6.44. The highest BCUT2D eigenvalue weighted by molar-refractivity contribution is 5.78. The Morgan fingerprint density at radius 3 is 2.25 bits per heavy atom. The van der Waals surface area contributed by atoms with Gasteiger partial charge in [-0.25, -0.2) is 0 Å². The molecular formula is C16H32N2O2. The zero-order valence-electron chi connectivity index (χ0n) is 13.8. The van der Waals surface area contributed by atoms with E-state index in [2.05, 4.69) is 26.1 Å². The Morgan fingerprint density at radius 1 is 1.25 bits per heavy atom. The molecule has 0 aromatic heterocycles. The van der Waals surface area contributed by atoms with Crippen molar-refractivity contribution >= 4 is 5.91 Å². The van der Waals surface area contributed by atoms with Gasteiger partial charge in [0.2, 0.25) is 5.91 Å². The van der Waals surface area contributed by atoms with Gasteiger partial charge in [0.05, 0.1) is 5.60 Å². The number of amides is 1. The van der Waals surface area contributed by atoms with Crippen molar-refractivity contribution in [3.05, 3.63) is 0 Å². The topological polar surface area (TPSA) is 64.3 Å². The van der Waals surface area contributed by atoms with Crippen molar-refractivity contribution in [2.24, 2.45) is 11.1 Å². The first-order valence-corrected chi connectivity index (χ1v) is 7.79. The van der Waals surface area contributed by atoms with Crippen LogP contribution >= 0.6 is 0 Å². The van der Waals surface area contributed by atoms with Gasteiger partial charge in [0.15, 0.2) is 0 Å². The van der Waals surface area contributed by atoms with Crippen molar-refractivity contribution in [2.45, 2.75) is 77.9 Å². The average Bonchev–Trinajstić information content (AvgIpc) is 2.38. The van der Waals surface area contributed by atoms with Gasteiger partial charge in [0.25, 0.3) is 0 Å². The molecule has 3 N–H and O–H groups in total. The van der Waals surface area contributed by atoms with Gasteiger partial charge in [0, 0.05) is 12.1 Å². The fraction of sp³-hybridized carbons (Fsp3) is 0.938. The number of hydrogen-bond donors (Lipinski definition) is 2. The van der Waals surface area contributed by atoms with E-state index in [0.717, 1.165) is 32.1 Å². The number of nitrogens with one attached hydrogen (secondary N) is 1. The number of carbonyl (C=O) groups excluding carboxylic acids is 1. The highest BCUT2D eigenvalue weighted by Gasteiger charge is 2.38. The average molecular weight is 284 g/mol. The Hall–Kier alpha value is -0.610. The fourth-order valence-corrected chi connectivity index (χ4v) is 2.51. The van der Waals surface area contributed by atoms with E-state index < -0.39 is 0 Å². The standard InChI is InChI=1S/C16H32N2O2/c1-6-15(4,5)18-13(19)11-20-16(12-17)9-7-14(2,3)8-10-16/h6-12,17H2,1-5H3,(H,18,19). The zero-order chi connectivity index (χ0) is 15.4. The molecular weight excluding hydrogens is 252 g/mol. The van der Waals surface area contributed by atoms with Gasteiger partial charge in [-0.3, -0.25) is 4.79 Å². The minimum atomic E-state index is -0.302. The first-order chi connectivity index (χ1) is 9.14.